The standard InChI is InChI=1S/C18H24F3NO4/c1-17(2,3)26-16(23)22-11-4-5-13(10-12-22)24-14-6-8-15(9-7-14)25-18(19,20)21/h6-9,13H,4-5,10-12H2,1-3H3/t13-/m1/s1. The smallest absolute Gasteiger partial charge is 0.490 e. The average molecular weight is 375 g/mol. The summed E-state index contributed by atoms with van der Waals surface area (Å²) in [6.07, 6.45) is -3.03. The summed E-state index contributed by atoms with van der Waals surface area (Å²) in [7, 11) is 0. The number of likely N-dealkylation sites (tertiary alicyclic amines) is 1. The predicted molar refractivity (Wildman–Crippen MR) is 89.2 cm³/mol. The molecule has 0 saturated carbocycles. The number of rotatable bonds is 3. The van der Waals surface area contributed by atoms with Gasteiger partial charge < -0.3 is 19.1 Å². The summed E-state index contributed by atoms with van der Waals surface area (Å²) in [5.41, 5.74) is -0.542. The third-order valence-electron chi connectivity index (χ3n) is 3.69. The summed E-state index contributed by atoms with van der Waals surface area (Å²) >= 11 is 0. The largest absolute Gasteiger partial charge is 0.573 e. The number of carbonyl (C=O) groups excluding carboxylic acids is 1. The molecule has 2 rings (SSSR count). The van der Waals surface area contributed by atoms with Crippen LogP contribution in [0, 0.1) is 0 Å². The zero-order chi connectivity index (χ0) is 19.4. The highest BCUT2D eigenvalue weighted by Gasteiger charge is 2.31. The van der Waals surface area contributed by atoms with Crippen LogP contribution < -0.4 is 9.47 Å². The van der Waals surface area contributed by atoms with Crippen LogP contribution in [0.25, 0.3) is 0 Å². The second kappa shape index (κ2) is 8.05. The second-order valence-electron chi connectivity index (χ2n) is 7.16. The summed E-state index contributed by atoms with van der Waals surface area (Å²) in [6, 6.07) is 5.31. The van der Waals surface area contributed by atoms with Gasteiger partial charge in [0.25, 0.3) is 0 Å². The van der Waals surface area contributed by atoms with Crippen LogP contribution in [0.15, 0.2) is 24.3 Å². The molecule has 146 valence electrons. The normalized spacial score (nSPS) is 18.8. The van der Waals surface area contributed by atoms with Crippen molar-refractivity contribution in [2.24, 2.45) is 0 Å². The van der Waals surface area contributed by atoms with Crippen molar-refractivity contribution >= 4 is 6.09 Å². The van der Waals surface area contributed by atoms with Gasteiger partial charge in [0.15, 0.2) is 0 Å². The number of alkyl halides is 3. The van der Waals surface area contributed by atoms with Gasteiger partial charge in [-0.25, -0.2) is 4.79 Å². The van der Waals surface area contributed by atoms with E-state index in [0.29, 0.717) is 25.3 Å². The van der Waals surface area contributed by atoms with Crippen molar-refractivity contribution in [3.05, 3.63) is 24.3 Å². The number of benzene rings is 1. The second-order valence-corrected chi connectivity index (χ2v) is 7.16. The van der Waals surface area contributed by atoms with Crippen molar-refractivity contribution in [3.8, 4) is 11.5 Å². The number of halogens is 3. The molecule has 1 saturated heterocycles. The highest BCUT2D eigenvalue weighted by Crippen LogP contribution is 2.26. The van der Waals surface area contributed by atoms with Gasteiger partial charge in [-0.2, -0.15) is 0 Å². The molecule has 5 nitrogen and oxygen atoms in total. The summed E-state index contributed by atoms with van der Waals surface area (Å²) in [5, 5.41) is 0. The Kier molecular flexibility index (Phi) is 6.26. The Hall–Kier alpha value is -2.12. The zero-order valence-corrected chi connectivity index (χ0v) is 15.1. The number of nitrogens with zero attached hydrogens (tertiary/aromatic N) is 1. The number of amides is 1. The molecule has 1 aliphatic heterocycles. The van der Waals surface area contributed by atoms with E-state index in [0.717, 1.165) is 12.8 Å². The van der Waals surface area contributed by atoms with E-state index in [1.807, 2.05) is 20.8 Å². The van der Waals surface area contributed by atoms with Crippen LogP contribution in [-0.4, -0.2) is 42.2 Å². The number of hydrogen-bond donors (Lipinski definition) is 0. The lowest BCUT2D eigenvalue weighted by Crippen LogP contribution is -2.37. The van der Waals surface area contributed by atoms with Gasteiger partial charge >= 0.3 is 12.5 Å². The van der Waals surface area contributed by atoms with Crippen LogP contribution in [0.5, 0.6) is 11.5 Å². The van der Waals surface area contributed by atoms with E-state index in [9.17, 15) is 18.0 Å². The fraction of sp³-hybridized carbons (Fsp3) is 0.611. The molecular formula is C18H24F3NO4. The first-order valence-corrected chi connectivity index (χ1v) is 8.52. The molecule has 0 aliphatic carbocycles. The molecule has 1 atom stereocenters. The third-order valence-corrected chi connectivity index (χ3v) is 3.69. The van der Waals surface area contributed by atoms with Gasteiger partial charge in [0.1, 0.15) is 23.2 Å². The predicted octanol–water partition coefficient (Wildman–Crippen LogP) is 4.75. The van der Waals surface area contributed by atoms with Gasteiger partial charge in [-0.05, 0) is 57.9 Å². The minimum Gasteiger partial charge on any atom is -0.490 e. The molecule has 1 amide bonds. The molecule has 0 radical (unpaired) electrons. The van der Waals surface area contributed by atoms with E-state index in [-0.39, 0.29) is 17.9 Å². The third kappa shape index (κ3) is 7.01. The molecule has 0 bridgehead atoms. The Morgan fingerprint density at radius 1 is 1.04 bits per heavy atom. The van der Waals surface area contributed by atoms with Crippen molar-refractivity contribution in [1.29, 1.82) is 0 Å². The maximum absolute atomic E-state index is 12.2. The Labute approximate surface area is 151 Å². The molecule has 1 fully saturated rings. The topological polar surface area (TPSA) is 48.0 Å². The molecule has 0 spiro atoms. The molecular weight excluding hydrogens is 351 g/mol. The molecule has 0 unspecified atom stereocenters. The summed E-state index contributed by atoms with van der Waals surface area (Å²) in [6.45, 7) is 6.56. The Morgan fingerprint density at radius 2 is 1.65 bits per heavy atom. The quantitative estimate of drug-likeness (QED) is 0.765. The summed E-state index contributed by atoms with van der Waals surface area (Å²) < 4.78 is 51.6. The average Bonchev–Trinajstić information content (AvgIpc) is 2.72. The van der Waals surface area contributed by atoms with E-state index in [4.69, 9.17) is 9.47 Å². The molecule has 0 aromatic heterocycles. The number of carbonyl (C=O) groups is 1. The molecule has 1 aromatic carbocycles. The lowest BCUT2D eigenvalue weighted by atomic mass is 10.1. The Morgan fingerprint density at radius 3 is 2.23 bits per heavy atom. The molecule has 1 aliphatic rings. The van der Waals surface area contributed by atoms with Crippen LogP contribution in [0.3, 0.4) is 0 Å². The first kappa shape index (κ1) is 20.2. The minimum atomic E-state index is -4.71. The maximum atomic E-state index is 12.2. The van der Waals surface area contributed by atoms with Crippen LogP contribution in [-0.2, 0) is 4.74 Å². The minimum absolute atomic E-state index is 0.114. The van der Waals surface area contributed by atoms with Gasteiger partial charge in [-0.15, -0.1) is 13.2 Å². The van der Waals surface area contributed by atoms with Crippen molar-refractivity contribution in [2.75, 3.05) is 13.1 Å². The van der Waals surface area contributed by atoms with Crippen molar-refractivity contribution in [2.45, 2.75) is 58.1 Å². The van der Waals surface area contributed by atoms with Gasteiger partial charge in [0, 0.05) is 19.5 Å². The van der Waals surface area contributed by atoms with Crippen LogP contribution >= 0.6 is 0 Å². The molecule has 8 heteroatoms. The fourth-order valence-corrected chi connectivity index (χ4v) is 2.61. The molecule has 0 N–H and O–H groups in total. The van der Waals surface area contributed by atoms with Crippen LogP contribution in [0.4, 0.5) is 18.0 Å². The molecule has 1 aromatic rings. The van der Waals surface area contributed by atoms with Crippen molar-refractivity contribution < 1.29 is 32.2 Å². The van der Waals surface area contributed by atoms with Gasteiger partial charge in [-0.1, -0.05) is 0 Å². The van der Waals surface area contributed by atoms with E-state index in [2.05, 4.69) is 4.74 Å². The maximum Gasteiger partial charge on any atom is 0.573 e. The van der Waals surface area contributed by atoms with Crippen LogP contribution in [0.2, 0.25) is 0 Å². The highest BCUT2D eigenvalue weighted by molar-refractivity contribution is 5.68. The summed E-state index contributed by atoms with van der Waals surface area (Å²) in [4.78, 5) is 13.8. The van der Waals surface area contributed by atoms with Gasteiger partial charge in [0.2, 0.25) is 0 Å². The molecule has 1 heterocycles. The fourth-order valence-electron chi connectivity index (χ4n) is 2.61. The van der Waals surface area contributed by atoms with Crippen LogP contribution in [0.1, 0.15) is 40.0 Å². The number of ether oxygens (including phenoxy) is 3. The first-order valence-electron chi connectivity index (χ1n) is 8.52. The van der Waals surface area contributed by atoms with E-state index in [1.165, 1.54) is 24.3 Å². The van der Waals surface area contributed by atoms with Gasteiger partial charge in [-0.3, -0.25) is 0 Å². The number of hydrogen-bond acceptors (Lipinski definition) is 4. The molecule has 26 heavy (non-hydrogen) atoms. The zero-order valence-electron chi connectivity index (χ0n) is 15.1. The lowest BCUT2D eigenvalue weighted by Gasteiger charge is -2.26. The Bertz CT molecular complexity index is 596. The highest BCUT2D eigenvalue weighted by atomic mass is 19.4. The van der Waals surface area contributed by atoms with E-state index < -0.39 is 12.0 Å². The van der Waals surface area contributed by atoms with E-state index in [1.54, 1.807) is 4.90 Å². The van der Waals surface area contributed by atoms with E-state index >= 15 is 0 Å². The summed E-state index contributed by atoms with van der Waals surface area (Å²) in [5.74, 6) is 0.178. The lowest BCUT2D eigenvalue weighted by molar-refractivity contribution is -0.274. The monoisotopic (exact) mass is 375 g/mol. The Balaban J connectivity index is 1.86. The van der Waals surface area contributed by atoms with Crippen molar-refractivity contribution in [1.82, 2.24) is 4.90 Å². The van der Waals surface area contributed by atoms with Gasteiger partial charge in [0.05, 0.1) is 0 Å². The SMILES string of the molecule is CC(C)(C)OC(=O)N1CCC[C@@H](Oc2ccc(OC(F)(F)F)cc2)CC1. The van der Waals surface area contributed by atoms with Crippen molar-refractivity contribution in [3.63, 3.8) is 0 Å². The first-order chi connectivity index (χ1) is 12.0.